The number of nitrogens with two attached hydrogens (primary N) is 2. The van der Waals surface area contributed by atoms with E-state index in [1.807, 2.05) is 0 Å². The molecule has 0 saturated heterocycles. The molecule has 4 N–H and O–H groups in total. The van der Waals surface area contributed by atoms with Crippen molar-refractivity contribution in [3.05, 3.63) is 139 Å². The number of halogens is 5. The van der Waals surface area contributed by atoms with Gasteiger partial charge in [-0.15, -0.1) is 0 Å². The van der Waals surface area contributed by atoms with Crippen LogP contribution in [0.4, 0.5) is 19.0 Å². The summed E-state index contributed by atoms with van der Waals surface area (Å²) in [6.07, 6.45) is 3.68. The molecule has 0 unspecified atom stereocenters. The standard InChI is InChI=1S/C28H34ClFN4O4S.C22H25ClFN5O2S.C20H29FN4O3S/c1-16-12-17(29)15-31-24(16)20(35)13-18-8-9-19(30)25(33-18)28(7)22-10-11-32-39(22,37)27(5,6)21(34-28)14-23(36)38-26(2,3)4;1-12-9-13(23)11-26-18(12)16(30)10-14-5-6-15(24)19(28-14)22(4)17-7-8-27-32(17,31)21(2,3)20(25)29-22;1-18(2,3)28-16(26)11-13-19(4,5)29(27)14(9-10-23-29)20(6,25-13)17-12(21)7-8-15(22)24-17/h8-9,12,15,22H,10-11,13-14H2,1-7H3;5-6,9,11,17H,7-8,10H2,1-4H3,(H2,25,29);7-8,14H,9-11H2,1-6H3,(H2,22,24)/t22-,28+,39+;17-,22+,32+;14-,20+,29+/m111/s1. The van der Waals surface area contributed by atoms with E-state index < -0.39 is 116 Å². The molecule has 100 heavy (non-hydrogen) atoms. The Morgan fingerprint density at radius 3 is 1.19 bits per heavy atom. The summed E-state index contributed by atoms with van der Waals surface area (Å²) in [6.45, 7) is 30.9. The fourth-order valence-electron chi connectivity index (χ4n) is 13.9. The number of aliphatic imine (C=N–C) groups is 3. The number of pyridine rings is 5. The van der Waals surface area contributed by atoms with Gasteiger partial charge >= 0.3 is 11.9 Å². The molecule has 22 nitrogen and oxygen atoms in total. The first-order chi connectivity index (χ1) is 46.1. The predicted molar refractivity (Wildman–Crippen MR) is 384 cm³/mol. The summed E-state index contributed by atoms with van der Waals surface area (Å²) in [5.74, 6) is -3.04. The number of hydrogen-bond acceptors (Lipinski definition) is 22. The van der Waals surface area contributed by atoms with Crippen LogP contribution in [0.25, 0.3) is 0 Å². The third-order valence-corrected chi connectivity index (χ3v) is 30.8. The fourth-order valence-corrected chi connectivity index (χ4v) is 24.0. The summed E-state index contributed by atoms with van der Waals surface area (Å²) in [7, 11) is -8.65. The van der Waals surface area contributed by atoms with Gasteiger partial charge in [-0.25, -0.2) is 43.9 Å². The van der Waals surface area contributed by atoms with E-state index in [2.05, 4.69) is 43.0 Å². The van der Waals surface area contributed by atoms with Crippen molar-refractivity contribution in [2.45, 2.75) is 220 Å². The average Bonchev–Trinajstić information content (AvgIpc) is 1.38. The van der Waals surface area contributed by atoms with E-state index in [1.165, 1.54) is 48.8 Å². The van der Waals surface area contributed by atoms with Crippen LogP contribution in [0.3, 0.4) is 0 Å². The zero-order chi connectivity index (χ0) is 74.3. The lowest BCUT2D eigenvalue weighted by atomic mass is 9.88. The number of nitrogen functional groups attached to an aromatic ring is 1. The number of Topliss-reactive ketones (excluding diaryl/α,β-unsaturated/α-hetero) is 2. The fraction of sp³-hybridized carbons (Fsp3) is 0.543. The second kappa shape index (κ2) is 27.2. The number of esters is 2. The van der Waals surface area contributed by atoms with Crippen LogP contribution in [-0.2, 0) is 77.7 Å². The summed E-state index contributed by atoms with van der Waals surface area (Å²) in [4.78, 5) is 87.1. The summed E-state index contributed by atoms with van der Waals surface area (Å²) < 4.78 is 109. The maximum atomic E-state index is 15.5. The second-order valence-electron chi connectivity index (χ2n) is 29.9. The van der Waals surface area contributed by atoms with E-state index in [0.717, 1.165) is 0 Å². The molecule has 11 heterocycles. The zero-order valence-electron chi connectivity index (χ0n) is 59.4. The Balaban J connectivity index is 0.000000177. The molecule has 0 aromatic carbocycles. The van der Waals surface area contributed by atoms with E-state index >= 15 is 8.78 Å². The molecule has 0 spiro atoms. The first-order valence-electron chi connectivity index (χ1n) is 32.8. The Morgan fingerprint density at radius 2 is 0.840 bits per heavy atom. The number of aromatic nitrogens is 5. The van der Waals surface area contributed by atoms with Gasteiger partial charge in [-0.2, -0.15) is 0 Å². The molecule has 0 amide bonds. The van der Waals surface area contributed by atoms with Gasteiger partial charge in [0.1, 0.15) is 90.1 Å². The van der Waals surface area contributed by atoms with Gasteiger partial charge in [0.05, 0.1) is 90.2 Å². The van der Waals surface area contributed by atoms with Crippen molar-refractivity contribution in [1.82, 2.24) is 24.9 Å². The molecule has 6 aliphatic heterocycles. The Bertz CT molecular complexity index is 4720. The third kappa shape index (κ3) is 14.3. The minimum absolute atomic E-state index is 0.0249. The largest absolute Gasteiger partial charge is 0.460 e. The number of carbonyl (C=O) groups is 4. The summed E-state index contributed by atoms with van der Waals surface area (Å²) >= 11 is 11.9. The quantitative estimate of drug-likeness (QED) is 0.0817. The molecule has 0 saturated carbocycles. The van der Waals surface area contributed by atoms with Crippen LogP contribution < -0.4 is 11.5 Å². The normalized spacial score (nSPS) is 28.2. The highest BCUT2D eigenvalue weighted by Gasteiger charge is 2.61. The average molecular weight is 1480 g/mol. The number of ketones is 2. The number of hydrogen-bond donors (Lipinski definition) is 2. The van der Waals surface area contributed by atoms with E-state index in [9.17, 15) is 36.2 Å². The van der Waals surface area contributed by atoms with Crippen molar-refractivity contribution in [3.8, 4) is 0 Å². The number of rotatable bonds is 13. The maximum Gasteiger partial charge on any atom is 0.312 e. The minimum atomic E-state index is -2.98. The van der Waals surface area contributed by atoms with Gasteiger partial charge in [0.2, 0.25) is 0 Å². The molecule has 0 fully saturated rings. The molecule has 0 bridgehead atoms. The van der Waals surface area contributed by atoms with E-state index in [4.69, 9.17) is 54.1 Å². The molecule has 0 radical (unpaired) electrons. The highest BCUT2D eigenvalue weighted by molar-refractivity contribution is 7.97. The van der Waals surface area contributed by atoms with Gasteiger partial charge in [-0.1, -0.05) is 23.2 Å². The number of fused-ring (bicyclic) bond motifs is 3. The lowest BCUT2D eigenvalue weighted by Crippen LogP contribution is -2.58. The minimum Gasteiger partial charge on any atom is -0.460 e. The number of ether oxygens (including phenoxy) is 2. The van der Waals surface area contributed by atoms with Crippen LogP contribution >= 0.6 is 23.2 Å². The highest BCUT2D eigenvalue weighted by Crippen LogP contribution is 2.52. The molecule has 5 aromatic heterocycles. The van der Waals surface area contributed by atoms with E-state index in [1.54, 1.807) is 130 Å². The highest BCUT2D eigenvalue weighted by atomic mass is 35.5. The van der Waals surface area contributed by atoms with Gasteiger partial charge in [0, 0.05) is 54.8 Å². The van der Waals surface area contributed by atoms with E-state index in [-0.39, 0.29) is 77.4 Å². The van der Waals surface area contributed by atoms with Gasteiger partial charge in [0.15, 0.2) is 11.6 Å². The Morgan fingerprint density at radius 1 is 0.510 bits per heavy atom. The number of amidine groups is 1. The maximum absolute atomic E-state index is 15.5. The number of anilines is 1. The third-order valence-electron chi connectivity index (χ3n) is 19.2. The van der Waals surface area contributed by atoms with Gasteiger partial charge in [-0.3, -0.25) is 54.1 Å². The van der Waals surface area contributed by atoms with Gasteiger partial charge in [0.25, 0.3) is 0 Å². The number of aryl methyl sites for hydroxylation is 2. The van der Waals surface area contributed by atoms with Crippen LogP contribution in [0.2, 0.25) is 10.0 Å². The van der Waals surface area contributed by atoms with Crippen LogP contribution in [0.5, 0.6) is 0 Å². The number of nitrogens with zero attached hydrogens (tertiary/aromatic N) is 11. The summed E-state index contributed by atoms with van der Waals surface area (Å²) in [6, 6.07) is 11.3. The molecule has 540 valence electrons. The summed E-state index contributed by atoms with van der Waals surface area (Å²) in [5.41, 5.74) is 10.0. The van der Waals surface area contributed by atoms with Crippen molar-refractivity contribution in [2.24, 2.45) is 33.8 Å². The second-order valence-corrected chi connectivity index (χ2v) is 39.7. The molecule has 30 heteroatoms. The Kier molecular flexibility index (Phi) is 21.0. The van der Waals surface area contributed by atoms with Crippen LogP contribution in [0.1, 0.15) is 197 Å². The first kappa shape index (κ1) is 77.0. The van der Waals surface area contributed by atoms with Crippen LogP contribution in [0, 0.1) is 31.3 Å². The lowest BCUT2D eigenvalue weighted by molar-refractivity contribution is -0.154. The van der Waals surface area contributed by atoms with Gasteiger partial charge < -0.3 is 20.9 Å². The molecule has 5 aromatic rings. The Labute approximate surface area is 593 Å². The van der Waals surface area contributed by atoms with Crippen molar-refractivity contribution >= 4 is 99.0 Å². The van der Waals surface area contributed by atoms with Gasteiger partial charge in [-0.05, 0) is 197 Å². The van der Waals surface area contributed by atoms with Crippen LogP contribution in [0.15, 0.2) is 89.0 Å². The first-order valence-corrected chi connectivity index (χ1v) is 38.2. The smallest absolute Gasteiger partial charge is 0.312 e. The lowest BCUT2D eigenvalue weighted by Gasteiger charge is -2.45. The molecule has 6 aliphatic rings. The summed E-state index contributed by atoms with van der Waals surface area (Å²) in [5, 5.41) is -0.836. The molecular formula is C70H88Cl2F3N13O9S3. The van der Waals surface area contributed by atoms with Crippen molar-refractivity contribution < 1.29 is 54.4 Å². The topological polar surface area (TPSA) is 329 Å². The zero-order valence-corrected chi connectivity index (χ0v) is 63.4. The van der Waals surface area contributed by atoms with Crippen LogP contribution in [-0.4, -0.2) is 139 Å². The van der Waals surface area contributed by atoms with Crippen molar-refractivity contribution in [3.63, 3.8) is 0 Å². The SMILES string of the molecule is CC(C)(C)OC(=O)CC1=N[C@](C)(c2nc(N)ccc2F)[C@H]2CCN=[S@@]2(=O)C1(C)C.Cc1cc(Cl)cnc1C(=O)Cc1ccc(F)c([C@@]2(C)N=C(CC(=O)OC(C)(C)C)C(C)(C)[S@]3(=O)=NCC[C@H]23)n1.Cc1cc(Cl)cnc1C(=O)Cc1ccc(F)c([C@@]2(C)N=C(N)C(C)(C)[S@]3(=O)=NCC[C@H]23)n1. The van der Waals surface area contributed by atoms with Crippen molar-refractivity contribution in [1.29, 1.82) is 0 Å². The Hall–Kier alpha value is -7.14. The molecular weight excluding hydrogens is 1390 g/mol. The molecule has 0 aliphatic carbocycles. The number of carbonyl (C=O) groups excluding carboxylic acids is 4. The van der Waals surface area contributed by atoms with E-state index in [0.29, 0.717) is 82.9 Å². The van der Waals surface area contributed by atoms with Crippen molar-refractivity contribution in [2.75, 3.05) is 25.4 Å². The molecule has 9 atom stereocenters. The monoisotopic (exact) mass is 1480 g/mol. The predicted octanol–water partition coefficient (Wildman–Crippen LogP) is 12.3. The molecule has 11 rings (SSSR count).